The Bertz CT molecular complexity index is 395. The Hall–Kier alpha value is -0.120. The molecule has 0 aromatic rings. The summed E-state index contributed by atoms with van der Waals surface area (Å²) < 4.78 is 11.0. The van der Waals surface area contributed by atoms with E-state index in [1.54, 1.807) is 0 Å². The largest absolute Gasteiger partial charge is 0.380 e. The van der Waals surface area contributed by atoms with Crippen LogP contribution in [-0.2, 0) is 9.47 Å². The summed E-state index contributed by atoms with van der Waals surface area (Å²) in [6.07, 6.45) is 2.64. The van der Waals surface area contributed by atoms with Crippen molar-refractivity contribution in [1.82, 2.24) is 15.5 Å². The highest BCUT2D eigenvalue weighted by molar-refractivity contribution is 14.0. The van der Waals surface area contributed by atoms with E-state index in [1.807, 2.05) is 0 Å². The summed E-state index contributed by atoms with van der Waals surface area (Å²) in [7, 11) is 0. The molecule has 25 heavy (non-hydrogen) atoms. The van der Waals surface area contributed by atoms with Crippen molar-refractivity contribution >= 4 is 29.9 Å². The zero-order chi connectivity index (χ0) is 17.4. The van der Waals surface area contributed by atoms with Crippen LogP contribution in [0, 0.1) is 5.41 Å². The molecule has 0 unspecified atom stereocenters. The van der Waals surface area contributed by atoms with Crippen LogP contribution in [0.1, 0.15) is 40.5 Å². The van der Waals surface area contributed by atoms with Gasteiger partial charge in [0.1, 0.15) is 0 Å². The molecule has 148 valence electrons. The Kier molecular flexibility index (Phi) is 10.6. The van der Waals surface area contributed by atoms with Crippen LogP contribution in [0.4, 0.5) is 0 Å². The van der Waals surface area contributed by atoms with Gasteiger partial charge in [-0.05, 0) is 33.6 Å². The number of likely N-dealkylation sites (tertiary alicyclic amines) is 1. The van der Waals surface area contributed by atoms with Crippen LogP contribution in [0.25, 0.3) is 0 Å². The minimum atomic E-state index is 0. The van der Waals surface area contributed by atoms with Gasteiger partial charge in [0.25, 0.3) is 0 Å². The van der Waals surface area contributed by atoms with Gasteiger partial charge < -0.3 is 25.0 Å². The molecule has 0 radical (unpaired) electrons. The van der Waals surface area contributed by atoms with Crippen molar-refractivity contribution in [2.75, 3.05) is 52.5 Å². The first kappa shape index (κ1) is 22.9. The third kappa shape index (κ3) is 8.41. The van der Waals surface area contributed by atoms with Gasteiger partial charge in [-0.3, -0.25) is 4.99 Å². The maximum Gasteiger partial charge on any atom is 0.191 e. The molecule has 0 bridgehead atoms. The summed E-state index contributed by atoms with van der Waals surface area (Å²) in [6.45, 7) is 16.0. The van der Waals surface area contributed by atoms with Crippen LogP contribution in [0.2, 0.25) is 0 Å². The lowest BCUT2D eigenvalue weighted by molar-refractivity contribution is -0.0945. The van der Waals surface area contributed by atoms with E-state index in [1.165, 1.54) is 0 Å². The summed E-state index contributed by atoms with van der Waals surface area (Å²) in [6, 6.07) is 0.510. The van der Waals surface area contributed by atoms with Crippen LogP contribution in [0.3, 0.4) is 0 Å². The van der Waals surface area contributed by atoms with Crippen LogP contribution in [0.5, 0.6) is 0 Å². The first-order valence-electron chi connectivity index (χ1n) is 9.47. The van der Waals surface area contributed by atoms with E-state index in [0.717, 1.165) is 71.3 Å². The molecule has 0 atom stereocenters. The standard InChI is InChI=1S/C18H36N4O2.HI/c1-5-19-17(20-12-18(4)13-23-14-18)21-16-6-8-22(9-7-16)10-11-24-15(2)3;/h15-16H,5-14H2,1-4H3,(H2,19,20,21);1H. The Labute approximate surface area is 170 Å². The smallest absolute Gasteiger partial charge is 0.191 e. The van der Waals surface area contributed by atoms with Crippen molar-refractivity contribution in [3.63, 3.8) is 0 Å². The fourth-order valence-electron chi connectivity index (χ4n) is 3.04. The quantitative estimate of drug-likeness (QED) is 0.325. The highest BCUT2D eigenvalue weighted by atomic mass is 127. The van der Waals surface area contributed by atoms with Crippen molar-refractivity contribution < 1.29 is 9.47 Å². The summed E-state index contributed by atoms with van der Waals surface area (Å²) in [5, 5.41) is 6.99. The van der Waals surface area contributed by atoms with Crippen molar-refractivity contribution in [3.8, 4) is 0 Å². The number of nitrogens with zero attached hydrogens (tertiary/aromatic N) is 2. The summed E-state index contributed by atoms with van der Waals surface area (Å²) in [5.74, 6) is 0.951. The third-order valence-corrected chi connectivity index (χ3v) is 4.65. The van der Waals surface area contributed by atoms with Crippen molar-refractivity contribution in [1.29, 1.82) is 0 Å². The van der Waals surface area contributed by atoms with Crippen molar-refractivity contribution in [3.05, 3.63) is 0 Å². The zero-order valence-electron chi connectivity index (χ0n) is 16.3. The SMILES string of the molecule is CCNC(=NCC1(C)COC1)NC1CCN(CCOC(C)C)CC1.I. The predicted molar refractivity (Wildman–Crippen MR) is 114 cm³/mol. The molecule has 2 fully saturated rings. The highest BCUT2D eigenvalue weighted by Crippen LogP contribution is 2.26. The maximum absolute atomic E-state index is 5.65. The Balaban J connectivity index is 0.00000312. The minimum absolute atomic E-state index is 0. The van der Waals surface area contributed by atoms with Crippen molar-refractivity contribution in [2.24, 2.45) is 10.4 Å². The Morgan fingerprint density at radius 1 is 1.32 bits per heavy atom. The fourth-order valence-corrected chi connectivity index (χ4v) is 3.04. The number of ether oxygens (including phenoxy) is 2. The van der Waals surface area contributed by atoms with E-state index in [4.69, 9.17) is 14.5 Å². The van der Waals surface area contributed by atoms with Gasteiger partial charge >= 0.3 is 0 Å². The molecule has 2 rings (SSSR count). The van der Waals surface area contributed by atoms with Gasteiger partial charge in [0.05, 0.1) is 32.5 Å². The van der Waals surface area contributed by atoms with Gasteiger partial charge in [-0.25, -0.2) is 0 Å². The van der Waals surface area contributed by atoms with E-state index in [2.05, 4.69) is 43.2 Å². The van der Waals surface area contributed by atoms with E-state index in [-0.39, 0.29) is 29.4 Å². The Morgan fingerprint density at radius 3 is 2.52 bits per heavy atom. The van der Waals surface area contributed by atoms with Crippen LogP contribution >= 0.6 is 24.0 Å². The monoisotopic (exact) mass is 468 g/mol. The number of rotatable bonds is 8. The molecule has 0 amide bonds. The van der Waals surface area contributed by atoms with E-state index >= 15 is 0 Å². The molecule has 0 saturated carbocycles. The number of hydrogen-bond donors (Lipinski definition) is 2. The second kappa shape index (κ2) is 11.6. The summed E-state index contributed by atoms with van der Waals surface area (Å²) in [5.41, 5.74) is 0.224. The second-order valence-electron chi connectivity index (χ2n) is 7.68. The van der Waals surface area contributed by atoms with Gasteiger partial charge in [0.2, 0.25) is 0 Å². The normalized spacial score (nSPS) is 21.6. The average Bonchev–Trinajstić information content (AvgIpc) is 2.52. The molecule has 0 aromatic carbocycles. The predicted octanol–water partition coefficient (Wildman–Crippen LogP) is 2.09. The lowest BCUT2D eigenvalue weighted by Crippen LogP contribution is -2.50. The van der Waals surface area contributed by atoms with E-state index in [0.29, 0.717) is 12.1 Å². The molecule has 2 N–H and O–H groups in total. The Morgan fingerprint density at radius 2 is 2.00 bits per heavy atom. The first-order valence-corrected chi connectivity index (χ1v) is 9.47. The number of guanidine groups is 1. The van der Waals surface area contributed by atoms with Crippen LogP contribution in [-0.4, -0.2) is 75.5 Å². The first-order chi connectivity index (χ1) is 11.5. The lowest BCUT2D eigenvalue weighted by Gasteiger charge is -2.37. The van der Waals surface area contributed by atoms with E-state index in [9.17, 15) is 0 Å². The number of piperidine rings is 1. The molecule has 7 heteroatoms. The molecule has 6 nitrogen and oxygen atoms in total. The lowest BCUT2D eigenvalue weighted by atomic mass is 9.89. The third-order valence-electron chi connectivity index (χ3n) is 4.65. The number of hydrogen-bond acceptors (Lipinski definition) is 4. The second-order valence-corrected chi connectivity index (χ2v) is 7.68. The minimum Gasteiger partial charge on any atom is -0.380 e. The maximum atomic E-state index is 5.65. The summed E-state index contributed by atoms with van der Waals surface area (Å²) >= 11 is 0. The molecular formula is C18H37IN4O2. The highest BCUT2D eigenvalue weighted by Gasteiger charge is 2.33. The van der Waals surface area contributed by atoms with Gasteiger partial charge in [0.15, 0.2) is 5.96 Å². The topological polar surface area (TPSA) is 58.1 Å². The van der Waals surface area contributed by atoms with Gasteiger partial charge in [-0.1, -0.05) is 6.92 Å². The summed E-state index contributed by atoms with van der Waals surface area (Å²) in [4.78, 5) is 7.27. The van der Waals surface area contributed by atoms with Crippen molar-refractivity contribution in [2.45, 2.75) is 52.7 Å². The van der Waals surface area contributed by atoms with Gasteiger partial charge in [0, 0.05) is 37.6 Å². The molecule has 2 saturated heterocycles. The number of halogens is 1. The van der Waals surface area contributed by atoms with Crippen LogP contribution in [0.15, 0.2) is 4.99 Å². The number of aliphatic imine (C=N–C) groups is 1. The van der Waals surface area contributed by atoms with E-state index < -0.39 is 0 Å². The molecule has 0 aromatic heterocycles. The molecular weight excluding hydrogens is 431 g/mol. The van der Waals surface area contributed by atoms with Gasteiger partial charge in [-0.15, -0.1) is 24.0 Å². The molecule has 2 aliphatic heterocycles. The fraction of sp³-hybridized carbons (Fsp3) is 0.944. The molecule has 2 aliphatic rings. The molecule has 0 spiro atoms. The molecule has 2 heterocycles. The zero-order valence-corrected chi connectivity index (χ0v) is 18.7. The molecule has 0 aliphatic carbocycles. The average molecular weight is 468 g/mol. The number of nitrogens with one attached hydrogen (secondary N) is 2. The van der Waals surface area contributed by atoms with Gasteiger partial charge in [-0.2, -0.15) is 0 Å². The van der Waals surface area contributed by atoms with Crippen LogP contribution < -0.4 is 10.6 Å².